The summed E-state index contributed by atoms with van der Waals surface area (Å²) in [6.07, 6.45) is 0. The fourth-order valence-corrected chi connectivity index (χ4v) is 3.75. The Hall–Kier alpha value is -1.90. The third kappa shape index (κ3) is 4.59. The number of rotatable bonds is 5. The van der Waals surface area contributed by atoms with Crippen molar-refractivity contribution in [3.63, 3.8) is 0 Å². The molecular weight excluding hydrogens is 362 g/mol. The molecule has 0 aliphatic rings. The van der Waals surface area contributed by atoms with E-state index >= 15 is 0 Å². The fourth-order valence-electron chi connectivity index (χ4n) is 2.09. The highest BCUT2D eigenvalue weighted by atomic mass is 32.2. The van der Waals surface area contributed by atoms with Crippen LogP contribution in [0, 0.1) is 0 Å². The largest absolute Gasteiger partial charge is 0.379 e. The van der Waals surface area contributed by atoms with E-state index in [1.54, 1.807) is 12.1 Å². The predicted molar refractivity (Wildman–Crippen MR) is 95.6 cm³/mol. The van der Waals surface area contributed by atoms with Gasteiger partial charge in [-0.1, -0.05) is 32.9 Å². The van der Waals surface area contributed by atoms with Crippen LogP contribution in [-0.4, -0.2) is 23.9 Å². The van der Waals surface area contributed by atoms with Crippen LogP contribution in [0.4, 0.5) is 0 Å². The van der Waals surface area contributed by atoms with E-state index < -0.39 is 20.1 Å². The van der Waals surface area contributed by atoms with Gasteiger partial charge in [0.25, 0.3) is 0 Å². The summed E-state index contributed by atoms with van der Waals surface area (Å²) in [6.45, 7) is 6.17. The van der Waals surface area contributed by atoms with E-state index in [1.165, 1.54) is 31.3 Å². The molecule has 2 aromatic rings. The van der Waals surface area contributed by atoms with Gasteiger partial charge in [-0.2, -0.15) is 8.42 Å². The van der Waals surface area contributed by atoms with Crippen molar-refractivity contribution >= 4 is 20.1 Å². The first-order chi connectivity index (χ1) is 11.5. The number of hydrogen-bond acceptors (Lipinski definition) is 5. The summed E-state index contributed by atoms with van der Waals surface area (Å²) in [5, 5.41) is 0. The maximum atomic E-state index is 12.3. The summed E-state index contributed by atoms with van der Waals surface area (Å²) in [5.41, 5.74) is 1.00. The molecule has 0 heterocycles. The van der Waals surface area contributed by atoms with E-state index in [4.69, 9.17) is 4.18 Å². The molecule has 0 aliphatic carbocycles. The van der Waals surface area contributed by atoms with Crippen LogP contribution in [0.2, 0.25) is 0 Å². The zero-order valence-corrected chi connectivity index (χ0v) is 16.1. The van der Waals surface area contributed by atoms with Crippen LogP contribution in [0.3, 0.4) is 0 Å². The molecule has 0 radical (unpaired) electrons. The second-order valence-electron chi connectivity index (χ2n) is 6.49. The lowest BCUT2D eigenvalue weighted by Gasteiger charge is -2.19. The van der Waals surface area contributed by atoms with Crippen molar-refractivity contribution in [2.75, 3.05) is 7.05 Å². The van der Waals surface area contributed by atoms with Gasteiger partial charge in [0.05, 0.1) is 4.90 Å². The van der Waals surface area contributed by atoms with Gasteiger partial charge in [-0.25, -0.2) is 13.1 Å². The van der Waals surface area contributed by atoms with Crippen molar-refractivity contribution in [3.8, 4) is 5.75 Å². The molecule has 0 spiro atoms. The minimum Gasteiger partial charge on any atom is -0.379 e. The molecule has 0 bridgehead atoms. The van der Waals surface area contributed by atoms with Crippen LogP contribution < -0.4 is 8.91 Å². The quantitative estimate of drug-likeness (QED) is 0.802. The Morgan fingerprint density at radius 1 is 0.800 bits per heavy atom. The summed E-state index contributed by atoms with van der Waals surface area (Å²) in [6, 6.07) is 11.6. The van der Waals surface area contributed by atoms with Gasteiger partial charge in [0.2, 0.25) is 10.0 Å². The minimum absolute atomic E-state index is 0.0246. The van der Waals surface area contributed by atoms with Crippen molar-refractivity contribution in [2.24, 2.45) is 0 Å². The molecule has 0 saturated carbocycles. The molecule has 0 unspecified atom stereocenters. The van der Waals surface area contributed by atoms with E-state index in [9.17, 15) is 16.8 Å². The van der Waals surface area contributed by atoms with Crippen LogP contribution in [0.25, 0.3) is 0 Å². The molecule has 0 saturated heterocycles. The van der Waals surface area contributed by atoms with Gasteiger partial charge in [-0.3, -0.25) is 0 Å². The number of benzene rings is 2. The average molecular weight is 383 g/mol. The molecule has 0 atom stereocenters. The standard InChI is InChI=1S/C17H21NO5S2/c1-17(2,3)13-5-7-14(8-6-13)23-25(21,22)16-11-9-15(10-12-16)24(19,20)18-4/h5-12,18H,1-4H3. The SMILES string of the molecule is CNS(=O)(=O)c1ccc(S(=O)(=O)Oc2ccc(C(C)(C)C)cc2)cc1. The molecule has 136 valence electrons. The lowest BCUT2D eigenvalue weighted by atomic mass is 9.87. The molecule has 25 heavy (non-hydrogen) atoms. The third-order valence-corrected chi connectivity index (χ3v) is 6.31. The van der Waals surface area contributed by atoms with Gasteiger partial charge in [0, 0.05) is 0 Å². The number of sulfonamides is 1. The Morgan fingerprint density at radius 3 is 1.72 bits per heavy atom. The molecular formula is C17H21NO5S2. The topological polar surface area (TPSA) is 89.5 Å². The van der Waals surface area contributed by atoms with Gasteiger partial charge >= 0.3 is 10.1 Å². The lowest BCUT2D eigenvalue weighted by Crippen LogP contribution is -2.18. The van der Waals surface area contributed by atoms with E-state index in [2.05, 4.69) is 25.5 Å². The highest BCUT2D eigenvalue weighted by Crippen LogP contribution is 2.26. The van der Waals surface area contributed by atoms with Gasteiger partial charge in [-0.15, -0.1) is 0 Å². The van der Waals surface area contributed by atoms with Gasteiger partial charge in [-0.05, 0) is 54.4 Å². The highest BCUT2D eigenvalue weighted by Gasteiger charge is 2.19. The smallest absolute Gasteiger partial charge is 0.339 e. The monoisotopic (exact) mass is 383 g/mol. The van der Waals surface area contributed by atoms with Gasteiger partial charge in [0.1, 0.15) is 10.6 Å². The molecule has 0 aliphatic heterocycles. The molecule has 2 rings (SSSR count). The maximum Gasteiger partial charge on any atom is 0.339 e. The van der Waals surface area contributed by atoms with Crippen molar-refractivity contribution in [1.82, 2.24) is 4.72 Å². The summed E-state index contributed by atoms with van der Waals surface area (Å²) in [4.78, 5) is -0.147. The Morgan fingerprint density at radius 2 is 1.28 bits per heavy atom. The summed E-state index contributed by atoms with van der Waals surface area (Å²) in [5.74, 6) is 0.194. The lowest BCUT2D eigenvalue weighted by molar-refractivity contribution is 0.485. The Bertz CT molecular complexity index is 940. The first kappa shape index (κ1) is 19.4. The Kier molecular flexibility index (Phi) is 5.27. The molecule has 0 aromatic heterocycles. The van der Waals surface area contributed by atoms with Crippen LogP contribution in [0.15, 0.2) is 58.3 Å². The Labute approximate surface area is 149 Å². The first-order valence-electron chi connectivity index (χ1n) is 7.54. The molecule has 6 nitrogen and oxygen atoms in total. The second kappa shape index (κ2) is 6.78. The van der Waals surface area contributed by atoms with Crippen molar-refractivity contribution in [2.45, 2.75) is 36.0 Å². The highest BCUT2D eigenvalue weighted by molar-refractivity contribution is 7.89. The van der Waals surface area contributed by atoms with E-state index in [0.29, 0.717) is 0 Å². The van der Waals surface area contributed by atoms with Crippen molar-refractivity contribution in [1.29, 1.82) is 0 Å². The fraction of sp³-hybridized carbons (Fsp3) is 0.294. The van der Waals surface area contributed by atoms with Crippen LogP contribution in [0.1, 0.15) is 26.3 Å². The summed E-state index contributed by atoms with van der Waals surface area (Å²) < 4.78 is 55.3. The van der Waals surface area contributed by atoms with Crippen LogP contribution in [0.5, 0.6) is 5.75 Å². The second-order valence-corrected chi connectivity index (χ2v) is 9.92. The maximum absolute atomic E-state index is 12.3. The van der Waals surface area contributed by atoms with E-state index in [-0.39, 0.29) is 21.0 Å². The van der Waals surface area contributed by atoms with Gasteiger partial charge < -0.3 is 4.18 Å². The number of nitrogens with one attached hydrogen (secondary N) is 1. The molecule has 0 fully saturated rings. The van der Waals surface area contributed by atoms with Crippen molar-refractivity contribution < 1.29 is 21.0 Å². The van der Waals surface area contributed by atoms with Crippen molar-refractivity contribution in [3.05, 3.63) is 54.1 Å². The minimum atomic E-state index is -4.05. The number of hydrogen-bond donors (Lipinski definition) is 1. The molecule has 2 aromatic carbocycles. The molecule has 0 amide bonds. The summed E-state index contributed by atoms with van der Waals surface area (Å²) in [7, 11) is -6.39. The first-order valence-corrected chi connectivity index (χ1v) is 10.4. The zero-order chi connectivity index (χ0) is 18.9. The predicted octanol–water partition coefficient (Wildman–Crippen LogP) is 2.66. The molecule has 1 N–H and O–H groups in total. The molecule has 8 heteroatoms. The Balaban J connectivity index is 2.25. The average Bonchev–Trinajstić information content (AvgIpc) is 2.54. The van der Waals surface area contributed by atoms with Gasteiger partial charge in [0.15, 0.2) is 0 Å². The van der Waals surface area contributed by atoms with Crippen LogP contribution in [-0.2, 0) is 25.6 Å². The zero-order valence-electron chi connectivity index (χ0n) is 14.5. The normalized spacial score (nSPS) is 12.8. The summed E-state index contributed by atoms with van der Waals surface area (Å²) >= 11 is 0. The van der Waals surface area contributed by atoms with Crippen LogP contribution >= 0.6 is 0 Å². The third-order valence-electron chi connectivity index (χ3n) is 3.62. The van der Waals surface area contributed by atoms with E-state index in [0.717, 1.165) is 5.56 Å². The van der Waals surface area contributed by atoms with E-state index in [1.807, 2.05) is 12.1 Å².